The number of para-hydroxylation sites is 1. The molecule has 1 aromatic heterocycles. The fourth-order valence-electron chi connectivity index (χ4n) is 3.41. The second-order valence-electron chi connectivity index (χ2n) is 6.87. The third-order valence-corrected chi connectivity index (χ3v) is 6.65. The molecule has 0 saturated heterocycles. The van der Waals surface area contributed by atoms with Crippen LogP contribution in [-0.2, 0) is 9.84 Å². The van der Waals surface area contributed by atoms with Crippen molar-refractivity contribution in [1.29, 1.82) is 0 Å². The van der Waals surface area contributed by atoms with Crippen molar-refractivity contribution in [1.82, 2.24) is 10.3 Å². The van der Waals surface area contributed by atoms with Gasteiger partial charge in [-0.25, -0.2) is 8.42 Å². The molecule has 1 heterocycles. The number of carbonyl (C=O) groups excluding carboxylic acids is 2. The third-order valence-electron chi connectivity index (χ3n) is 4.92. The molecule has 3 aromatic carbocycles. The van der Waals surface area contributed by atoms with Gasteiger partial charge in [-0.2, -0.15) is 0 Å². The lowest BCUT2D eigenvalue weighted by Crippen LogP contribution is -2.29. The first kappa shape index (κ1) is 19.7. The number of nitrogens with one attached hydrogen (secondary N) is 2. The van der Waals surface area contributed by atoms with E-state index in [0.717, 1.165) is 10.8 Å². The quantitative estimate of drug-likeness (QED) is 0.443. The molecule has 7 nitrogen and oxygen atoms in total. The number of amides is 2. The van der Waals surface area contributed by atoms with Crippen LogP contribution in [0.15, 0.2) is 71.6 Å². The summed E-state index contributed by atoms with van der Waals surface area (Å²) in [7, 11) is -3.48. The van der Waals surface area contributed by atoms with E-state index in [1.54, 1.807) is 48.5 Å². The first-order chi connectivity index (χ1) is 14.4. The van der Waals surface area contributed by atoms with E-state index in [4.69, 9.17) is 5.73 Å². The summed E-state index contributed by atoms with van der Waals surface area (Å²) in [6.45, 7) is -0.0154. The number of carbonyl (C=O) groups is 2. The molecule has 0 bridgehead atoms. The highest BCUT2D eigenvalue weighted by Gasteiger charge is 2.17. The minimum Gasteiger partial charge on any atom is -0.366 e. The number of primary amides is 1. The summed E-state index contributed by atoms with van der Waals surface area (Å²) >= 11 is 0. The predicted molar refractivity (Wildman–Crippen MR) is 115 cm³/mol. The van der Waals surface area contributed by atoms with Gasteiger partial charge >= 0.3 is 0 Å². The molecule has 4 rings (SSSR count). The van der Waals surface area contributed by atoms with Gasteiger partial charge in [0.25, 0.3) is 5.91 Å². The van der Waals surface area contributed by atoms with Crippen LogP contribution >= 0.6 is 0 Å². The molecule has 0 aliphatic rings. The number of nitrogens with two attached hydrogens (primary N) is 1. The van der Waals surface area contributed by atoms with Crippen molar-refractivity contribution in [2.45, 2.75) is 4.90 Å². The smallest absolute Gasteiger partial charge is 0.253 e. The molecule has 0 spiro atoms. The van der Waals surface area contributed by atoms with E-state index in [1.807, 2.05) is 6.07 Å². The summed E-state index contributed by atoms with van der Waals surface area (Å²) in [5.41, 5.74) is 7.40. The van der Waals surface area contributed by atoms with Crippen molar-refractivity contribution in [2.75, 3.05) is 12.3 Å². The molecule has 0 fully saturated rings. The van der Waals surface area contributed by atoms with E-state index < -0.39 is 15.7 Å². The monoisotopic (exact) mass is 421 g/mol. The van der Waals surface area contributed by atoms with Crippen LogP contribution in [0.2, 0.25) is 0 Å². The van der Waals surface area contributed by atoms with Gasteiger partial charge in [0, 0.05) is 28.4 Å². The van der Waals surface area contributed by atoms with Crippen molar-refractivity contribution in [3.63, 3.8) is 0 Å². The van der Waals surface area contributed by atoms with Crippen LogP contribution in [0.5, 0.6) is 0 Å². The van der Waals surface area contributed by atoms with Gasteiger partial charge in [-0.15, -0.1) is 0 Å². The Kier molecular flexibility index (Phi) is 5.01. The Bertz CT molecular complexity index is 1380. The number of H-pyrrole nitrogens is 1. The molecule has 8 heteroatoms. The molecule has 0 aliphatic heterocycles. The molecule has 0 radical (unpaired) electrons. The van der Waals surface area contributed by atoms with Crippen LogP contribution < -0.4 is 11.1 Å². The van der Waals surface area contributed by atoms with E-state index >= 15 is 0 Å². The van der Waals surface area contributed by atoms with Gasteiger partial charge in [-0.05, 0) is 30.3 Å². The standard InChI is InChI=1S/C22H19N3O4S/c23-21(26)14-9-10-16-17-7-4-8-18(20(17)25-19(16)13-14)22(27)24-11-12-30(28,29)15-5-2-1-3-6-15/h1-10,13,25H,11-12H2,(H2,23,26)(H,24,27). The zero-order chi connectivity index (χ0) is 21.3. The van der Waals surface area contributed by atoms with Gasteiger partial charge in [-0.3, -0.25) is 9.59 Å². The largest absolute Gasteiger partial charge is 0.366 e. The maximum Gasteiger partial charge on any atom is 0.253 e. The van der Waals surface area contributed by atoms with Crippen LogP contribution in [0.1, 0.15) is 20.7 Å². The Labute approximate surface area is 172 Å². The van der Waals surface area contributed by atoms with Gasteiger partial charge in [-0.1, -0.05) is 36.4 Å². The zero-order valence-corrected chi connectivity index (χ0v) is 16.7. The predicted octanol–water partition coefficient (Wildman–Crippen LogP) is 2.62. The maximum atomic E-state index is 12.7. The molecule has 152 valence electrons. The van der Waals surface area contributed by atoms with Crippen molar-refractivity contribution in [3.05, 3.63) is 77.9 Å². The van der Waals surface area contributed by atoms with E-state index in [9.17, 15) is 18.0 Å². The second kappa shape index (κ2) is 7.64. The molecule has 0 aliphatic carbocycles. The average molecular weight is 421 g/mol. The fourth-order valence-corrected chi connectivity index (χ4v) is 4.59. The molecule has 0 atom stereocenters. The van der Waals surface area contributed by atoms with Crippen LogP contribution in [0.25, 0.3) is 21.8 Å². The van der Waals surface area contributed by atoms with E-state index in [2.05, 4.69) is 10.3 Å². The van der Waals surface area contributed by atoms with Gasteiger partial charge in [0.05, 0.1) is 21.7 Å². The number of rotatable bonds is 6. The Morgan fingerprint density at radius 3 is 2.43 bits per heavy atom. The SMILES string of the molecule is NC(=O)c1ccc2c(c1)[nH]c1c(C(=O)NCCS(=O)(=O)c3ccccc3)cccc12. The molecule has 30 heavy (non-hydrogen) atoms. The summed E-state index contributed by atoms with van der Waals surface area (Å²) in [6, 6.07) is 18.5. The first-order valence-electron chi connectivity index (χ1n) is 9.27. The second-order valence-corrected chi connectivity index (χ2v) is 8.97. The number of hydrogen-bond acceptors (Lipinski definition) is 4. The third kappa shape index (κ3) is 3.65. The summed E-state index contributed by atoms with van der Waals surface area (Å²) in [4.78, 5) is 27.6. The lowest BCUT2D eigenvalue weighted by atomic mass is 10.1. The van der Waals surface area contributed by atoms with E-state index in [-0.39, 0.29) is 23.1 Å². The Morgan fingerprint density at radius 2 is 1.70 bits per heavy atom. The number of sulfone groups is 1. The minimum atomic E-state index is -3.48. The topological polar surface area (TPSA) is 122 Å². The summed E-state index contributed by atoms with van der Waals surface area (Å²) < 4.78 is 24.7. The van der Waals surface area contributed by atoms with Crippen molar-refractivity contribution in [2.24, 2.45) is 5.73 Å². The highest BCUT2D eigenvalue weighted by molar-refractivity contribution is 7.91. The average Bonchev–Trinajstić information content (AvgIpc) is 3.12. The molecule has 4 N–H and O–H groups in total. The molecule has 4 aromatic rings. The molecule has 0 unspecified atom stereocenters. The molecular formula is C22H19N3O4S. The van der Waals surface area contributed by atoms with Crippen LogP contribution in [-0.4, -0.2) is 37.5 Å². The molecule has 0 saturated carbocycles. The Hall–Kier alpha value is -3.65. The maximum absolute atomic E-state index is 12.7. The lowest BCUT2D eigenvalue weighted by molar-refractivity contribution is 0.0956. The number of aromatic amines is 1. The lowest BCUT2D eigenvalue weighted by Gasteiger charge is -2.07. The Morgan fingerprint density at radius 1 is 0.933 bits per heavy atom. The number of fused-ring (bicyclic) bond motifs is 3. The van der Waals surface area contributed by atoms with Crippen LogP contribution in [0, 0.1) is 0 Å². The molecule has 2 amide bonds. The normalized spacial score (nSPS) is 11.6. The number of aromatic nitrogens is 1. The van der Waals surface area contributed by atoms with Crippen molar-refractivity contribution in [3.8, 4) is 0 Å². The van der Waals surface area contributed by atoms with E-state index in [0.29, 0.717) is 22.2 Å². The minimum absolute atomic E-state index is 0.0154. The van der Waals surface area contributed by atoms with Gasteiger partial charge in [0.15, 0.2) is 9.84 Å². The Balaban J connectivity index is 1.57. The first-order valence-corrected chi connectivity index (χ1v) is 10.9. The van der Waals surface area contributed by atoms with Gasteiger partial charge in [0.1, 0.15) is 0 Å². The van der Waals surface area contributed by atoms with Crippen LogP contribution in [0.3, 0.4) is 0 Å². The summed E-state index contributed by atoms with van der Waals surface area (Å²) in [6.07, 6.45) is 0. The summed E-state index contributed by atoms with van der Waals surface area (Å²) in [5, 5.41) is 4.36. The van der Waals surface area contributed by atoms with Gasteiger partial charge in [0.2, 0.25) is 5.91 Å². The fraction of sp³-hybridized carbons (Fsp3) is 0.0909. The van der Waals surface area contributed by atoms with Crippen molar-refractivity contribution >= 4 is 43.5 Å². The highest BCUT2D eigenvalue weighted by Crippen LogP contribution is 2.28. The number of hydrogen-bond donors (Lipinski definition) is 3. The van der Waals surface area contributed by atoms with Gasteiger partial charge < -0.3 is 16.0 Å². The molecular weight excluding hydrogens is 402 g/mol. The van der Waals surface area contributed by atoms with Crippen LogP contribution in [0.4, 0.5) is 0 Å². The zero-order valence-electron chi connectivity index (χ0n) is 15.9. The van der Waals surface area contributed by atoms with Crippen molar-refractivity contribution < 1.29 is 18.0 Å². The van der Waals surface area contributed by atoms with E-state index in [1.165, 1.54) is 12.1 Å². The number of benzene rings is 3. The highest BCUT2D eigenvalue weighted by atomic mass is 32.2. The summed E-state index contributed by atoms with van der Waals surface area (Å²) in [5.74, 6) is -1.12.